The van der Waals surface area contributed by atoms with Crippen molar-refractivity contribution in [1.82, 2.24) is 10.2 Å². The van der Waals surface area contributed by atoms with Crippen molar-refractivity contribution in [3.8, 4) is 0 Å². The van der Waals surface area contributed by atoms with E-state index in [2.05, 4.69) is 11.4 Å². The molecule has 0 aliphatic rings. The lowest BCUT2D eigenvalue weighted by molar-refractivity contribution is -0.140. The van der Waals surface area contributed by atoms with Gasteiger partial charge in [-0.3, -0.25) is 9.59 Å². The van der Waals surface area contributed by atoms with Crippen LogP contribution in [0.25, 0.3) is 0 Å². The average Bonchev–Trinajstić information content (AvgIpc) is 2.51. The Balaban J connectivity index is 2.88. The van der Waals surface area contributed by atoms with Crippen LogP contribution in [-0.2, 0) is 16.1 Å². The molecule has 1 N–H and O–H groups in total. The van der Waals surface area contributed by atoms with Gasteiger partial charge in [0.2, 0.25) is 11.8 Å². The zero-order chi connectivity index (χ0) is 16.7. The molecule has 1 aromatic rings. The fourth-order valence-electron chi connectivity index (χ4n) is 2.26. The molecule has 1 rings (SSSR count). The van der Waals surface area contributed by atoms with E-state index < -0.39 is 6.04 Å². The number of hydrogen-bond donors (Lipinski definition) is 1. The summed E-state index contributed by atoms with van der Waals surface area (Å²) in [5.74, 6) is -0.0999. The first-order valence-corrected chi connectivity index (χ1v) is 8.04. The standard InChI is InChI=1S/C18H28N2O2/c1-6-14(4)19-18(22)15(5)20(17(21)7-2)12-16-10-8-9-13(3)11-16/h8-11,14-15H,6-7,12H2,1-5H3,(H,19,22)/t14-,15+/m0/s1. The lowest BCUT2D eigenvalue weighted by atomic mass is 10.1. The van der Waals surface area contributed by atoms with Crippen LogP contribution in [0.15, 0.2) is 24.3 Å². The summed E-state index contributed by atoms with van der Waals surface area (Å²) in [5.41, 5.74) is 2.20. The van der Waals surface area contributed by atoms with E-state index in [1.165, 1.54) is 0 Å². The average molecular weight is 304 g/mol. The number of nitrogens with one attached hydrogen (secondary N) is 1. The number of benzene rings is 1. The summed E-state index contributed by atoms with van der Waals surface area (Å²) in [7, 11) is 0. The largest absolute Gasteiger partial charge is 0.352 e. The number of amides is 2. The van der Waals surface area contributed by atoms with E-state index in [9.17, 15) is 9.59 Å². The van der Waals surface area contributed by atoms with Crippen molar-refractivity contribution < 1.29 is 9.59 Å². The van der Waals surface area contributed by atoms with Crippen LogP contribution in [0.5, 0.6) is 0 Å². The Morgan fingerprint density at radius 1 is 1.23 bits per heavy atom. The van der Waals surface area contributed by atoms with Crippen molar-refractivity contribution >= 4 is 11.8 Å². The second-order valence-corrected chi connectivity index (χ2v) is 5.86. The zero-order valence-corrected chi connectivity index (χ0v) is 14.3. The van der Waals surface area contributed by atoms with Gasteiger partial charge in [-0.15, -0.1) is 0 Å². The van der Waals surface area contributed by atoms with Gasteiger partial charge in [-0.2, -0.15) is 0 Å². The minimum Gasteiger partial charge on any atom is -0.352 e. The first kappa shape index (κ1) is 18.2. The van der Waals surface area contributed by atoms with E-state index in [0.717, 1.165) is 17.5 Å². The fraction of sp³-hybridized carbons (Fsp3) is 0.556. The Labute approximate surface area is 133 Å². The van der Waals surface area contributed by atoms with E-state index in [-0.39, 0.29) is 17.9 Å². The predicted octanol–water partition coefficient (Wildman–Crippen LogP) is 3.04. The molecule has 0 aliphatic carbocycles. The Kier molecular flexibility index (Phi) is 7.09. The molecule has 0 saturated carbocycles. The van der Waals surface area contributed by atoms with Gasteiger partial charge in [-0.1, -0.05) is 43.7 Å². The third kappa shape index (κ3) is 5.17. The molecule has 2 amide bonds. The highest BCUT2D eigenvalue weighted by Crippen LogP contribution is 2.12. The minimum absolute atomic E-state index is 0.00620. The predicted molar refractivity (Wildman–Crippen MR) is 89.4 cm³/mol. The summed E-state index contributed by atoms with van der Waals surface area (Å²) < 4.78 is 0. The van der Waals surface area contributed by atoms with E-state index in [1.807, 2.05) is 45.9 Å². The van der Waals surface area contributed by atoms with Crippen LogP contribution >= 0.6 is 0 Å². The van der Waals surface area contributed by atoms with Crippen molar-refractivity contribution in [2.45, 2.75) is 66.1 Å². The quantitative estimate of drug-likeness (QED) is 0.841. The minimum atomic E-state index is -0.470. The first-order valence-electron chi connectivity index (χ1n) is 8.04. The van der Waals surface area contributed by atoms with Crippen molar-refractivity contribution in [3.63, 3.8) is 0 Å². The third-order valence-corrected chi connectivity index (χ3v) is 3.91. The maximum absolute atomic E-state index is 12.3. The number of hydrogen-bond acceptors (Lipinski definition) is 2. The van der Waals surface area contributed by atoms with Gasteiger partial charge in [0, 0.05) is 19.0 Å². The Hall–Kier alpha value is -1.84. The van der Waals surface area contributed by atoms with E-state index in [0.29, 0.717) is 13.0 Å². The van der Waals surface area contributed by atoms with Crippen molar-refractivity contribution in [2.75, 3.05) is 0 Å². The van der Waals surface area contributed by atoms with Crippen molar-refractivity contribution in [2.24, 2.45) is 0 Å². The first-order chi connectivity index (χ1) is 10.4. The molecule has 0 unspecified atom stereocenters. The van der Waals surface area contributed by atoms with Gasteiger partial charge < -0.3 is 10.2 Å². The molecule has 0 heterocycles. The van der Waals surface area contributed by atoms with Crippen molar-refractivity contribution in [1.29, 1.82) is 0 Å². The second-order valence-electron chi connectivity index (χ2n) is 5.86. The lowest BCUT2D eigenvalue weighted by Gasteiger charge is -2.29. The molecule has 4 nitrogen and oxygen atoms in total. The van der Waals surface area contributed by atoms with Crippen molar-refractivity contribution in [3.05, 3.63) is 35.4 Å². The van der Waals surface area contributed by atoms with Crippen LogP contribution in [0, 0.1) is 6.92 Å². The second kappa shape index (κ2) is 8.57. The molecule has 0 aliphatic heterocycles. The molecule has 0 aromatic heterocycles. The molecule has 1 aromatic carbocycles. The highest BCUT2D eigenvalue weighted by atomic mass is 16.2. The third-order valence-electron chi connectivity index (χ3n) is 3.91. The van der Waals surface area contributed by atoms with Gasteiger partial charge in [0.15, 0.2) is 0 Å². The molecule has 0 radical (unpaired) electrons. The number of nitrogens with zero attached hydrogens (tertiary/aromatic N) is 1. The molecule has 4 heteroatoms. The normalized spacial score (nSPS) is 13.3. The Bertz CT molecular complexity index is 514. The molecule has 0 saturated heterocycles. The highest BCUT2D eigenvalue weighted by Gasteiger charge is 2.25. The number of aryl methyl sites for hydroxylation is 1. The van der Waals surface area contributed by atoms with Gasteiger partial charge in [0.1, 0.15) is 6.04 Å². The summed E-state index contributed by atoms with van der Waals surface area (Å²) >= 11 is 0. The van der Waals surface area contributed by atoms with Gasteiger partial charge in [0.05, 0.1) is 0 Å². The summed E-state index contributed by atoms with van der Waals surface area (Å²) in [6, 6.07) is 7.68. The topological polar surface area (TPSA) is 49.4 Å². The summed E-state index contributed by atoms with van der Waals surface area (Å²) in [5, 5.41) is 2.95. The van der Waals surface area contributed by atoms with Crippen LogP contribution in [0.4, 0.5) is 0 Å². The smallest absolute Gasteiger partial charge is 0.242 e. The maximum Gasteiger partial charge on any atom is 0.242 e. The summed E-state index contributed by atoms with van der Waals surface area (Å²) in [4.78, 5) is 26.2. The van der Waals surface area contributed by atoms with Crippen LogP contribution in [0.2, 0.25) is 0 Å². The molecule has 0 fully saturated rings. The van der Waals surface area contributed by atoms with Crippen LogP contribution in [-0.4, -0.2) is 28.8 Å². The van der Waals surface area contributed by atoms with Gasteiger partial charge in [-0.25, -0.2) is 0 Å². The molecule has 2 atom stereocenters. The lowest BCUT2D eigenvalue weighted by Crippen LogP contribution is -2.49. The molecule has 0 bridgehead atoms. The van der Waals surface area contributed by atoms with Gasteiger partial charge in [0.25, 0.3) is 0 Å². The number of carbonyl (C=O) groups is 2. The van der Waals surface area contributed by atoms with Gasteiger partial charge in [-0.05, 0) is 32.8 Å². The molecule has 22 heavy (non-hydrogen) atoms. The Morgan fingerprint density at radius 3 is 2.45 bits per heavy atom. The summed E-state index contributed by atoms with van der Waals surface area (Å²) in [6.45, 7) is 10.1. The fourth-order valence-corrected chi connectivity index (χ4v) is 2.26. The molecule has 0 spiro atoms. The van der Waals surface area contributed by atoms with Crippen LogP contribution in [0.3, 0.4) is 0 Å². The molecular weight excluding hydrogens is 276 g/mol. The van der Waals surface area contributed by atoms with Gasteiger partial charge >= 0.3 is 0 Å². The Morgan fingerprint density at radius 2 is 1.91 bits per heavy atom. The van der Waals surface area contributed by atoms with Crippen LogP contribution < -0.4 is 5.32 Å². The SMILES string of the molecule is CCC(=O)N(Cc1cccc(C)c1)[C@H](C)C(=O)N[C@@H](C)CC. The molecule has 122 valence electrons. The van der Waals surface area contributed by atoms with E-state index in [4.69, 9.17) is 0 Å². The molecular formula is C18H28N2O2. The summed E-state index contributed by atoms with van der Waals surface area (Å²) in [6.07, 6.45) is 1.27. The van der Waals surface area contributed by atoms with E-state index in [1.54, 1.807) is 11.8 Å². The van der Waals surface area contributed by atoms with Crippen LogP contribution in [0.1, 0.15) is 51.7 Å². The number of rotatable bonds is 7. The zero-order valence-electron chi connectivity index (χ0n) is 14.3. The number of carbonyl (C=O) groups excluding carboxylic acids is 2. The van der Waals surface area contributed by atoms with E-state index >= 15 is 0 Å². The highest BCUT2D eigenvalue weighted by molar-refractivity contribution is 5.87. The maximum atomic E-state index is 12.3. The monoisotopic (exact) mass is 304 g/mol.